The summed E-state index contributed by atoms with van der Waals surface area (Å²) in [6.45, 7) is 1.03. The molecule has 4 nitrogen and oxygen atoms in total. The van der Waals surface area contributed by atoms with E-state index in [0.29, 0.717) is 18.6 Å². The smallest absolute Gasteiger partial charge is 0.227 e. The van der Waals surface area contributed by atoms with Crippen molar-refractivity contribution >= 4 is 23.1 Å². The number of rotatable bonds is 3. The third kappa shape index (κ3) is 2.12. The van der Waals surface area contributed by atoms with E-state index in [1.165, 1.54) is 12.1 Å². The van der Waals surface area contributed by atoms with Crippen molar-refractivity contribution in [2.45, 2.75) is 6.42 Å². The maximum Gasteiger partial charge on any atom is 0.227 e. The summed E-state index contributed by atoms with van der Waals surface area (Å²) in [5, 5.41) is 0.863. The van der Waals surface area contributed by atoms with Gasteiger partial charge in [0.25, 0.3) is 0 Å². The lowest BCUT2D eigenvalue weighted by atomic mass is 10.0. The highest BCUT2D eigenvalue weighted by Gasteiger charge is 2.30. The van der Waals surface area contributed by atoms with Crippen LogP contribution >= 0.6 is 0 Å². The molecule has 1 aliphatic rings. The van der Waals surface area contributed by atoms with Crippen molar-refractivity contribution in [3.8, 4) is 0 Å². The fraction of sp³-hybridized carbons (Fsp3) is 0.286. The van der Waals surface area contributed by atoms with Gasteiger partial charge in [0.1, 0.15) is 12.1 Å². The van der Waals surface area contributed by atoms with Crippen LogP contribution in [-0.4, -0.2) is 35.2 Å². The van der Waals surface area contributed by atoms with Gasteiger partial charge in [0.05, 0.1) is 6.42 Å². The zero-order chi connectivity index (χ0) is 13.4. The van der Waals surface area contributed by atoms with E-state index in [-0.39, 0.29) is 24.1 Å². The summed E-state index contributed by atoms with van der Waals surface area (Å²) in [7, 11) is 0. The van der Waals surface area contributed by atoms with Crippen LogP contribution in [0.25, 0.3) is 10.9 Å². The van der Waals surface area contributed by atoms with Gasteiger partial charge in [-0.15, -0.1) is 0 Å². The number of halogens is 1. The number of aromatic nitrogens is 1. The van der Waals surface area contributed by atoms with Crippen LogP contribution < -0.4 is 0 Å². The van der Waals surface area contributed by atoms with Gasteiger partial charge in [-0.25, -0.2) is 4.39 Å². The van der Waals surface area contributed by atoms with Crippen molar-refractivity contribution in [1.29, 1.82) is 0 Å². The summed E-state index contributed by atoms with van der Waals surface area (Å²) in [6, 6.07) is 4.47. The number of aromatic amines is 1. The Labute approximate surface area is 109 Å². The molecular formula is C14H13FN2O2. The van der Waals surface area contributed by atoms with Crippen molar-refractivity contribution in [2.75, 3.05) is 13.1 Å². The molecule has 0 atom stereocenters. The number of amides is 1. The highest BCUT2D eigenvalue weighted by molar-refractivity contribution is 5.89. The zero-order valence-electron chi connectivity index (χ0n) is 10.2. The second-order valence-corrected chi connectivity index (χ2v) is 4.88. The van der Waals surface area contributed by atoms with E-state index in [1.807, 2.05) is 0 Å². The van der Waals surface area contributed by atoms with Crippen molar-refractivity contribution in [2.24, 2.45) is 5.92 Å². The molecule has 0 bridgehead atoms. The van der Waals surface area contributed by atoms with Crippen LogP contribution in [0.3, 0.4) is 0 Å². The van der Waals surface area contributed by atoms with E-state index in [0.717, 1.165) is 17.2 Å². The third-order valence-corrected chi connectivity index (χ3v) is 3.53. The normalized spacial score (nSPS) is 15.5. The first kappa shape index (κ1) is 11.9. The van der Waals surface area contributed by atoms with E-state index in [4.69, 9.17) is 0 Å². The standard InChI is InChI=1S/C14H13FN2O2/c15-11-1-2-12-10(5-16-13(12)4-11)3-14(19)17-6-9(7-17)8-18/h1-2,4-5,8-9,16H,3,6-7H2. The molecule has 98 valence electrons. The van der Waals surface area contributed by atoms with E-state index < -0.39 is 0 Å². The summed E-state index contributed by atoms with van der Waals surface area (Å²) in [6.07, 6.45) is 2.90. The fourth-order valence-electron chi connectivity index (χ4n) is 2.38. The minimum atomic E-state index is -0.302. The number of carbonyl (C=O) groups excluding carboxylic acids is 2. The van der Waals surface area contributed by atoms with Crippen LogP contribution in [0.5, 0.6) is 0 Å². The molecule has 0 aliphatic carbocycles. The predicted octanol–water partition coefficient (Wildman–Crippen LogP) is 1.51. The van der Waals surface area contributed by atoms with Gasteiger partial charge in [0.15, 0.2) is 0 Å². The molecule has 0 radical (unpaired) electrons. The maximum absolute atomic E-state index is 13.1. The Morgan fingerprint density at radius 2 is 2.26 bits per heavy atom. The van der Waals surface area contributed by atoms with Crippen LogP contribution in [0.4, 0.5) is 4.39 Å². The molecule has 1 aromatic carbocycles. The monoisotopic (exact) mass is 260 g/mol. The topological polar surface area (TPSA) is 53.2 Å². The lowest BCUT2D eigenvalue weighted by Gasteiger charge is -2.36. The van der Waals surface area contributed by atoms with Gasteiger partial charge in [-0.05, 0) is 23.8 Å². The van der Waals surface area contributed by atoms with Gasteiger partial charge in [0, 0.05) is 36.1 Å². The Morgan fingerprint density at radius 1 is 1.47 bits per heavy atom. The number of benzene rings is 1. The molecule has 1 N–H and O–H groups in total. The van der Waals surface area contributed by atoms with Gasteiger partial charge in [-0.2, -0.15) is 0 Å². The Kier molecular flexibility index (Phi) is 2.81. The number of hydrogen-bond donors (Lipinski definition) is 1. The van der Waals surface area contributed by atoms with Crippen molar-refractivity contribution in [3.05, 3.63) is 35.8 Å². The van der Waals surface area contributed by atoms with E-state index in [9.17, 15) is 14.0 Å². The molecule has 0 saturated carbocycles. The largest absolute Gasteiger partial charge is 0.361 e. The number of likely N-dealkylation sites (tertiary alicyclic amines) is 1. The van der Waals surface area contributed by atoms with Crippen LogP contribution in [0, 0.1) is 11.7 Å². The lowest BCUT2D eigenvalue weighted by molar-refractivity contribution is -0.138. The second kappa shape index (κ2) is 4.50. The Morgan fingerprint density at radius 3 is 3.00 bits per heavy atom. The van der Waals surface area contributed by atoms with E-state index >= 15 is 0 Å². The van der Waals surface area contributed by atoms with Crippen LogP contribution in [0.1, 0.15) is 5.56 Å². The van der Waals surface area contributed by atoms with Crippen molar-refractivity contribution in [3.63, 3.8) is 0 Å². The van der Waals surface area contributed by atoms with E-state index in [2.05, 4.69) is 4.98 Å². The quantitative estimate of drug-likeness (QED) is 0.850. The molecule has 1 fully saturated rings. The molecular weight excluding hydrogens is 247 g/mol. The molecule has 2 aromatic rings. The summed E-state index contributed by atoms with van der Waals surface area (Å²) >= 11 is 0. The summed E-state index contributed by atoms with van der Waals surface area (Å²) < 4.78 is 13.1. The number of hydrogen-bond acceptors (Lipinski definition) is 2. The molecule has 0 spiro atoms. The third-order valence-electron chi connectivity index (χ3n) is 3.53. The Balaban J connectivity index is 1.75. The molecule has 1 aliphatic heterocycles. The first-order valence-electron chi connectivity index (χ1n) is 6.16. The summed E-state index contributed by atoms with van der Waals surface area (Å²) in [4.78, 5) is 27.1. The molecule has 1 aromatic heterocycles. The number of nitrogens with one attached hydrogen (secondary N) is 1. The van der Waals surface area contributed by atoms with Crippen LogP contribution in [0.2, 0.25) is 0 Å². The first-order valence-corrected chi connectivity index (χ1v) is 6.16. The predicted molar refractivity (Wildman–Crippen MR) is 68.1 cm³/mol. The van der Waals surface area contributed by atoms with Gasteiger partial charge in [-0.3, -0.25) is 4.79 Å². The first-order chi connectivity index (χ1) is 9.17. The number of H-pyrrole nitrogens is 1. The fourth-order valence-corrected chi connectivity index (χ4v) is 2.38. The number of nitrogens with zero attached hydrogens (tertiary/aromatic N) is 1. The van der Waals surface area contributed by atoms with Gasteiger partial charge >= 0.3 is 0 Å². The lowest BCUT2D eigenvalue weighted by Crippen LogP contribution is -2.51. The summed E-state index contributed by atoms with van der Waals surface area (Å²) in [5.74, 6) is -0.312. The van der Waals surface area contributed by atoms with Gasteiger partial charge < -0.3 is 14.7 Å². The second-order valence-electron chi connectivity index (χ2n) is 4.88. The van der Waals surface area contributed by atoms with Crippen molar-refractivity contribution in [1.82, 2.24) is 9.88 Å². The number of aldehydes is 1. The SMILES string of the molecule is O=CC1CN(C(=O)Cc2c[nH]c3cc(F)ccc23)C1. The molecule has 2 heterocycles. The average Bonchev–Trinajstić information content (AvgIpc) is 2.70. The van der Waals surface area contributed by atoms with E-state index in [1.54, 1.807) is 17.2 Å². The molecule has 1 amide bonds. The van der Waals surface area contributed by atoms with Gasteiger partial charge in [-0.1, -0.05) is 0 Å². The molecule has 0 unspecified atom stereocenters. The summed E-state index contributed by atoms with van der Waals surface area (Å²) in [5.41, 5.74) is 1.55. The van der Waals surface area contributed by atoms with Crippen LogP contribution in [0.15, 0.2) is 24.4 Å². The Hall–Kier alpha value is -2.17. The molecule has 1 saturated heterocycles. The molecule has 5 heteroatoms. The Bertz CT molecular complexity index is 644. The van der Waals surface area contributed by atoms with Crippen molar-refractivity contribution < 1.29 is 14.0 Å². The highest BCUT2D eigenvalue weighted by atomic mass is 19.1. The van der Waals surface area contributed by atoms with Crippen LogP contribution in [-0.2, 0) is 16.0 Å². The molecule has 3 rings (SSSR count). The number of fused-ring (bicyclic) bond motifs is 1. The number of carbonyl (C=O) groups is 2. The average molecular weight is 260 g/mol. The van der Waals surface area contributed by atoms with Gasteiger partial charge in [0.2, 0.25) is 5.91 Å². The zero-order valence-corrected chi connectivity index (χ0v) is 10.2. The molecule has 19 heavy (non-hydrogen) atoms. The highest BCUT2D eigenvalue weighted by Crippen LogP contribution is 2.21. The minimum Gasteiger partial charge on any atom is -0.361 e. The minimum absolute atomic E-state index is 0.00308. The maximum atomic E-state index is 13.1.